The largest absolute Gasteiger partial charge is 0.357 e. The summed E-state index contributed by atoms with van der Waals surface area (Å²) in [5, 5.41) is 6.59. The van der Waals surface area contributed by atoms with Crippen molar-refractivity contribution in [3.8, 4) is 0 Å². The highest BCUT2D eigenvalue weighted by molar-refractivity contribution is 14.0. The lowest BCUT2D eigenvalue weighted by molar-refractivity contribution is 0.700. The molecular formula is C17H26IN5. The normalized spacial score (nSPS) is 11.2. The molecule has 2 rings (SSSR count). The lowest BCUT2D eigenvalue weighted by atomic mass is 10.1. The number of imidazole rings is 1. The molecule has 0 spiro atoms. The average Bonchev–Trinajstić information content (AvgIpc) is 2.98. The minimum Gasteiger partial charge on any atom is -0.357 e. The number of aliphatic imine (C=N–C) groups is 1. The molecule has 6 heteroatoms. The first-order valence-electron chi connectivity index (χ1n) is 7.75. The molecule has 0 aliphatic rings. The lowest BCUT2D eigenvalue weighted by Crippen LogP contribution is -2.40. The van der Waals surface area contributed by atoms with Crippen LogP contribution in [0.2, 0.25) is 0 Å². The minimum absolute atomic E-state index is 0. The standard InChI is InChI=1S/C17H25N5.HI/c1-4-19-17(21-14(2)3)20-11-15-6-5-7-16(10-15)12-22-9-8-18-13-22;/h5-10,13-14H,4,11-12H2,1-3H3,(H2,19,20,21);1H. The predicted octanol–water partition coefficient (Wildman–Crippen LogP) is 3.01. The summed E-state index contributed by atoms with van der Waals surface area (Å²) in [6.45, 7) is 8.65. The van der Waals surface area contributed by atoms with Gasteiger partial charge >= 0.3 is 0 Å². The van der Waals surface area contributed by atoms with Crippen LogP contribution in [-0.4, -0.2) is 28.1 Å². The second-order valence-corrected chi connectivity index (χ2v) is 5.55. The van der Waals surface area contributed by atoms with Crippen molar-refractivity contribution in [2.75, 3.05) is 6.54 Å². The van der Waals surface area contributed by atoms with Crippen molar-refractivity contribution in [1.29, 1.82) is 0 Å². The Kier molecular flexibility index (Phi) is 8.68. The molecule has 0 atom stereocenters. The van der Waals surface area contributed by atoms with Crippen LogP contribution in [0.4, 0.5) is 0 Å². The van der Waals surface area contributed by atoms with E-state index in [1.807, 2.05) is 12.5 Å². The number of guanidine groups is 1. The monoisotopic (exact) mass is 427 g/mol. The molecule has 0 radical (unpaired) electrons. The molecule has 0 unspecified atom stereocenters. The Morgan fingerprint density at radius 3 is 2.74 bits per heavy atom. The van der Waals surface area contributed by atoms with E-state index in [2.05, 4.69) is 70.2 Å². The predicted molar refractivity (Wildman–Crippen MR) is 106 cm³/mol. The van der Waals surface area contributed by atoms with E-state index < -0.39 is 0 Å². The first-order valence-corrected chi connectivity index (χ1v) is 7.75. The van der Waals surface area contributed by atoms with E-state index in [9.17, 15) is 0 Å². The summed E-state index contributed by atoms with van der Waals surface area (Å²) in [6.07, 6.45) is 5.61. The Bertz CT molecular complexity index is 593. The third kappa shape index (κ3) is 7.02. The van der Waals surface area contributed by atoms with Gasteiger partial charge < -0.3 is 15.2 Å². The number of halogens is 1. The van der Waals surface area contributed by atoms with Crippen LogP contribution in [0.5, 0.6) is 0 Å². The molecule has 23 heavy (non-hydrogen) atoms. The van der Waals surface area contributed by atoms with Gasteiger partial charge in [-0.15, -0.1) is 24.0 Å². The molecule has 1 aromatic heterocycles. The number of aromatic nitrogens is 2. The van der Waals surface area contributed by atoms with Crippen molar-refractivity contribution < 1.29 is 0 Å². The number of rotatable bonds is 6. The molecule has 1 aromatic carbocycles. The van der Waals surface area contributed by atoms with Gasteiger partial charge in [-0.2, -0.15) is 0 Å². The van der Waals surface area contributed by atoms with Gasteiger partial charge in [-0.3, -0.25) is 0 Å². The van der Waals surface area contributed by atoms with Crippen molar-refractivity contribution in [1.82, 2.24) is 20.2 Å². The van der Waals surface area contributed by atoms with Gasteiger partial charge in [0, 0.05) is 31.5 Å². The molecule has 0 saturated carbocycles. The molecule has 5 nitrogen and oxygen atoms in total. The molecule has 0 fully saturated rings. The molecular weight excluding hydrogens is 401 g/mol. The summed E-state index contributed by atoms with van der Waals surface area (Å²) >= 11 is 0. The summed E-state index contributed by atoms with van der Waals surface area (Å²) in [4.78, 5) is 8.71. The summed E-state index contributed by atoms with van der Waals surface area (Å²) in [6, 6.07) is 8.89. The van der Waals surface area contributed by atoms with Crippen molar-refractivity contribution in [3.63, 3.8) is 0 Å². The molecule has 0 aliphatic heterocycles. The molecule has 2 aromatic rings. The minimum atomic E-state index is 0. The fraction of sp³-hybridized carbons (Fsp3) is 0.412. The SMILES string of the molecule is CCNC(=NCc1cccc(Cn2ccnc2)c1)NC(C)C.I. The Balaban J connectivity index is 0.00000264. The molecule has 0 aliphatic carbocycles. The van der Waals surface area contributed by atoms with Crippen molar-refractivity contribution in [3.05, 3.63) is 54.1 Å². The number of hydrogen-bond donors (Lipinski definition) is 2. The maximum Gasteiger partial charge on any atom is 0.191 e. The zero-order valence-electron chi connectivity index (χ0n) is 14.0. The molecule has 0 amide bonds. The van der Waals surface area contributed by atoms with Gasteiger partial charge in [-0.05, 0) is 31.9 Å². The summed E-state index contributed by atoms with van der Waals surface area (Å²) in [7, 11) is 0. The summed E-state index contributed by atoms with van der Waals surface area (Å²) in [5.74, 6) is 0.859. The maximum atomic E-state index is 4.64. The third-order valence-electron chi connectivity index (χ3n) is 3.11. The smallest absolute Gasteiger partial charge is 0.191 e. The van der Waals surface area contributed by atoms with Gasteiger partial charge in [0.15, 0.2) is 5.96 Å². The average molecular weight is 427 g/mol. The Hall–Kier alpha value is -1.57. The van der Waals surface area contributed by atoms with Gasteiger partial charge in [-0.25, -0.2) is 9.98 Å². The molecule has 0 bridgehead atoms. The number of nitrogens with zero attached hydrogens (tertiary/aromatic N) is 3. The topological polar surface area (TPSA) is 54.2 Å². The van der Waals surface area contributed by atoms with Gasteiger partial charge in [0.25, 0.3) is 0 Å². The van der Waals surface area contributed by atoms with E-state index in [-0.39, 0.29) is 24.0 Å². The summed E-state index contributed by atoms with van der Waals surface area (Å²) < 4.78 is 2.06. The Labute approximate surface area is 155 Å². The van der Waals surface area contributed by atoms with Crippen molar-refractivity contribution in [2.24, 2.45) is 4.99 Å². The number of nitrogens with one attached hydrogen (secondary N) is 2. The Morgan fingerprint density at radius 2 is 2.09 bits per heavy atom. The van der Waals surface area contributed by atoms with Crippen LogP contribution in [0.25, 0.3) is 0 Å². The van der Waals surface area contributed by atoms with Crippen LogP contribution < -0.4 is 10.6 Å². The van der Waals surface area contributed by atoms with Crippen LogP contribution >= 0.6 is 24.0 Å². The maximum absolute atomic E-state index is 4.64. The lowest BCUT2D eigenvalue weighted by Gasteiger charge is -2.14. The van der Waals surface area contributed by atoms with Crippen molar-refractivity contribution >= 4 is 29.9 Å². The van der Waals surface area contributed by atoms with E-state index >= 15 is 0 Å². The van der Waals surface area contributed by atoms with Crippen molar-refractivity contribution in [2.45, 2.75) is 39.9 Å². The number of hydrogen-bond acceptors (Lipinski definition) is 2. The highest BCUT2D eigenvalue weighted by Crippen LogP contribution is 2.08. The van der Waals surface area contributed by atoms with Gasteiger partial charge in [0.1, 0.15) is 0 Å². The van der Waals surface area contributed by atoms with Crippen LogP contribution in [0.1, 0.15) is 31.9 Å². The van der Waals surface area contributed by atoms with E-state index in [1.54, 1.807) is 6.20 Å². The molecule has 2 N–H and O–H groups in total. The fourth-order valence-electron chi connectivity index (χ4n) is 2.18. The second-order valence-electron chi connectivity index (χ2n) is 5.55. The fourth-order valence-corrected chi connectivity index (χ4v) is 2.18. The molecule has 0 saturated heterocycles. The zero-order valence-corrected chi connectivity index (χ0v) is 16.3. The molecule has 1 heterocycles. The second kappa shape index (κ2) is 10.3. The highest BCUT2D eigenvalue weighted by Gasteiger charge is 2.01. The van der Waals surface area contributed by atoms with Crippen LogP contribution in [0.3, 0.4) is 0 Å². The first kappa shape index (κ1) is 19.5. The van der Waals surface area contributed by atoms with E-state index in [0.29, 0.717) is 12.6 Å². The quantitative estimate of drug-likeness (QED) is 0.424. The van der Waals surface area contributed by atoms with Gasteiger partial charge in [0.2, 0.25) is 0 Å². The van der Waals surface area contributed by atoms with E-state index in [4.69, 9.17) is 0 Å². The van der Waals surface area contributed by atoms with Crippen LogP contribution in [-0.2, 0) is 13.1 Å². The highest BCUT2D eigenvalue weighted by atomic mass is 127. The van der Waals surface area contributed by atoms with Crippen LogP contribution in [0.15, 0.2) is 48.0 Å². The zero-order chi connectivity index (χ0) is 15.8. The van der Waals surface area contributed by atoms with Crippen LogP contribution in [0, 0.1) is 0 Å². The number of benzene rings is 1. The molecule has 126 valence electrons. The van der Waals surface area contributed by atoms with Gasteiger partial charge in [0.05, 0.1) is 12.9 Å². The van der Waals surface area contributed by atoms with E-state index in [1.165, 1.54) is 11.1 Å². The van der Waals surface area contributed by atoms with Gasteiger partial charge in [-0.1, -0.05) is 24.3 Å². The summed E-state index contributed by atoms with van der Waals surface area (Å²) in [5.41, 5.74) is 2.46. The third-order valence-corrected chi connectivity index (χ3v) is 3.11. The van der Waals surface area contributed by atoms with E-state index in [0.717, 1.165) is 19.0 Å². The Morgan fingerprint density at radius 1 is 1.30 bits per heavy atom. The first-order chi connectivity index (χ1) is 10.7.